The van der Waals surface area contributed by atoms with Gasteiger partial charge in [0.05, 0.1) is 5.02 Å². The summed E-state index contributed by atoms with van der Waals surface area (Å²) in [5.41, 5.74) is 2.31. The molecule has 0 saturated carbocycles. The van der Waals surface area contributed by atoms with Crippen molar-refractivity contribution in [1.29, 1.82) is 0 Å². The van der Waals surface area contributed by atoms with Gasteiger partial charge in [-0.15, -0.1) is 0 Å². The van der Waals surface area contributed by atoms with Gasteiger partial charge in [-0.25, -0.2) is 0 Å². The smallest absolute Gasteiger partial charge is 0.134 e. The lowest BCUT2D eigenvalue weighted by Gasteiger charge is -2.15. The summed E-state index contributed by atoms with van der Waals surface area (Å²) in [5, 5.41) is 9.85. The largest absolute Gasteiger partial charge is 0.506 e. The number of halogens is 1. The summed E-state index contributed by atoms with van der Waals surface area (Å²) in [4.78, 5) is 2.25. The highest BCUT2D eigenvalue weighted by Gasteiger charge is 2.05. The Bertz CT molecular complexity index is 339. The number of rotatable bonds is 4. The predicted molar refractivity (Wildman–Crippen MR) is 64.7 cm³/mol. The molecular weight excluding hydrogens is 210 g/mol. The summed E-state index contributed by atoms with van der Waals surface area (Å²) in [6.45, 7) is 6.19. The van der Waals surface area contributed by atoms with Crippen molar-refractivity contribution in [2.75, 3.05) is 20.1 Å². The van der Waals surface area contributed by atoms with Crippen LogP contribution in [0.15, 0.2) is 12.1 Å². The minimum atomic E-state index is 0.168. The highest BCUT2D eigenvalue weighted by atomic mass is 35.5. The Morgan fingerprint density at radius 1 is 1.40 bits per heavy atom. The molecule has 1 aromatic carbocycles. The zero-order chi connectivity index (χ0) is 11.4. The minimum Gasteiger partial charge on any atom is -0.506 e. The molecule has 1 rings (SSSR count). The molecule has 2 nitrogen and oxygen atoms in total. The molecule has 0 amide bonds. The van der Waals surface area contributed by atoms with E-state index >= 15 is 0 Å². The molecule has 0 aromatic heterocycles. The summed E-state index contributed by atoms with van der Waals surface area (Å²) in [6, 6.07) is 3.58. The predicted octanol–water partition coefficient (Wildman–Crippen LogP) is 2.85. The van der Waals surface area contributed by atoms with Crippen LogP contribution >= 0.6 is 11.6 Å². The molecule has 3 heteroatoms. The zero-order valence-corrected chi connectivity index (χ0v) is 10.3. The first-order valence-corrected chi connectivity index (χ1v) is 5.59. The van der Waals surface area contributed by atoms with Gasteiger partial charge in [-0.2, -0.15) is 0 Å². The van der Waals surface area contributed by atoms with Gasteiger partial charge in [-0.3, -0.25) is 0 Å². The quantitative estimate of drug-likeness (QED) is 0.855. The molecule has 0 fully saturated rings. The normalized spacial score (nSPS) is 11.0. The zero-order valence-electron chi connectivity index (χ0n) is 9.55. The Morgan fingerprint density at radius 2 is 2.07 bits per heavy atom. The van der Waals surface area contributed by atoms with Gasteiger partial charge in [-0.1, -0.05) is 18.5 Å². The van der Waals surface area contributed by atoms with E-state index in [1.54, 1.807) is 6.07 Å². The fourth-order valence-electron chi connectivity index (χ4n) is 1.45. The second-order valence-electron chi connectivity index (χ2n) is 3.88. The average molecular weight is 228 g/mol. The molecule has 0 heterocycles. The van der Waals surface area contributed by atoms with Crippen molar-refractivity contribution >= 4 is 11.6 Å². The second-order valence-corrected chi connectivity index (χ2v) is 4.28. The fourth-order valence-corrected chi connectivity index (χ4v) is 1.63. The molecule has 0 aliphatic rings. The molecule has 15 heavy (non-hydrogen) atoms. The van der Waals surface area contributed by atoms with Crippen LogP contribution in [-0.2, 0) is 6.42 Å². The number of aryl methyl sites for hydroxylation is 1. The number of benzene rings is 1. The minimum absolute atomic E-state index is 0.168. The van der Waals surface area contributed by atoms with Crippen molar-refractivity contribution < 1.29 is 5.11 Å². The monoisotopic (exact) mass is 227 g/mol. The number of aromatic hydroxyl groups is 1. The van der Waals surface area contributed by atoms with Gasteiger partial charge in [0.2, 0.25) is 0 Å². The number of hydrogen-bond acceptors (Lipinski definition) is 2. The van der Waals surface area contributed by atoms with Crippen molar-refractivity contribution in [3.63, 3.8) is 0 Å². The van der Waals surface area contributed by atoms with Crippen molar-refractivity contribution in [1.82, 2.24) is 4.90 Å². The van der Waals surface area contributed by atoms with Gasteiger partial charge in [0.25, 0.3) is 0 Å². The van der Waals surface area contributed by atoms with Crippen LogP contribution in [0.2, 0.25) is 5.02 Å². The first kappa shape index (κ1) is 12.3. The summed E-state index contributed by atoms with van der Waals surface area (Å²) in [7, 11) is 2.09. The maximum atomic E-state index is 9.41. The third kappa shape index (κ3) is 3.40. The Labute approximate surface area is 96.5 Å². The maximum Gasteiger partial charge on any atom is 0.134 e. The summed E-state index contributed by atoms with van der Waals surface area (Å²) < 4.78 is 0. The van der Waals surface area contributed by atoms with Gasteiger partial charge in [-0.05, 0) is 50.2 Å². The van der Waals surface area contributed by atoms with Crippen LogP contribution < -0.4 is 0 Å². The molecule has 0 aliphatic carbocycles. The first-order chi connectivity index (χ1) is 7.04. The lowest BCUT2D eigenvalue weighted by Crippen LogP contribution is -2.20. The Hall–Kier alpha value is -0.730. The molecular formula is C12H18ClNO. The summed E-state index contributed by atoms with van der Waals surface area (Å²) in [5.74, 6) is 0.168. The van der Waals surface area contributed by atoms with E-state index in [1.807, 2.05) is 13.0 Å². The van der Waals surface area contributed by atoms with Crippen LogP contribution in [-0.4, -0.2) is 30.1 Å². The van der Waals surface area contributed by atoms with Gasteiger partial charge in [0, 0.05) is 6.54 Å². The molecule has 84 valence electrons. The highest BCUT2D eigenvalue weighted by molar-refractivity contribution is 6.32. The van der Waals surface area contributed by atoms with Crippen LogP contribution in [0.4, 0.5) is 0 Å². The van der Waals surface area contributed by atoms with E-state index in [2.05, 4.69) is 18.9 Å². The Kier molecular flexibility index (Phi) is 4.43. The number of phenolic OH excluding ortho intramolecular Hbond substituents is 1. The van der Waals surface area contributed by atoms with Crippen molar-refractivity contribution in [2.24, 2.45) is 0 Å². The topological polar surface area (TPSA) is 23.5 Å². The van der Waals surface area contributed by atoms with Gasteiger partial charge < -0.3 is 10.0 Å². The second kappa shape index (κ2) is 5.38. The third-order valence-corrected chi connectivity index (χ3v) is 3.01. The average Bonchev–Trinajstić information content (AvgIpc) is 2.21. The SMILES string of the molecule is CCN(C)CCc1cc(Cl)c(O)cc1C. The van der Waals surface area contributed by atoms with Gasteiger partial charge >= 0.3 is 0 Å². The third-order valence-electron chi connectivity index (χ3n) is 2.71. The van der Waals surface area contributed by atoms with E-state index in [0.29, 0.717) is 5.02 Å². The van der Waals surface area contributed by atoms with E-state index in [4.69, 9.17) is 11.6 Å². The maximum absolute atomic E-state index is 9.41. The standard InChI is InChI=1S/C12H18ClNO/c1-4-14(3)6-5-10-8-11(13)12(15)7-9(10)2/h7-8,15H,4-6H2,1-3H3. The van der Waals surface area contributed by atoms with Crippen LogP contribution in [0, 0.1) is 6.92 Å². The highest BCUT2D eigenvalue weighted by Crippen LogP contribution is 2.26. The van der Waals surface area contributed by atoms with Gasteiger partial charge in [0.15, 0.2) is 0 Å². The van der Waals surface area contributed by atoms with E-state index < -0.39 is 0 Å². The van der Waals surface area contributed by atoms with Crippen molar-refractivity contribution in [3.8, 4) is 5.75 Å². The van der Waals surface area contributed by atoms with Gasteiger partial charge in [0.1, 0.15) is 5.75 Å². The molecule has 0 unspecified atom stereocenters. The molecule has 0 saturated heterocycles. The number of hydrogen-bond donors (Lipinski definition) is 1. The van der Waals surface area contributed by atoms with Crippen LogP contribution in [0.3, 0.4) is 0 Å². The molecule has 0 spiro atoms. The van der Waals surface area contributed by atoms with Crippen LogP contribution in [0.25, 0.3) is 0 Å². The van der Waals surface area contributed by atoms with E-state index in [0.717, 1.165) is 25.1 Å². The lowest BCUT2D eigenvalue weighted by molar-refractivity contribution is 0.357. The van der Waals surface area contributed by atoms with Crippen molar-refractivity contribution in [2.45, 2.75) is 20.3 Å². The van der Waals surface area contributed by atoms with Crippen molar-refractivity contribution in [3.05, 3.63) is 28.3 Å². The first-order valence-electron chi connectivity index (χ1n) is 5.21. The molecule has 1 N–H and O–H groups in total. The number of likely N-dealkylation sites (N-methyl/N-ethyl adjacent to an activating group) is 1. The molecule has 0 aliphatic heterocycles. The molecule has 0 radical (unpaired) electrons. The van der Waals surface area contributed by atoms with E-state index in [-0.39, 0.29) is 5.75 Å². The number of nitrogens with zero attached hydrogens (tertiary/aromatic N) is 1. The van der Waals surface area contributed by atoms with E-state index in [1.165, 1.54) is 5.56 Å². The van der Waals surface area contributed by atoms with Crippen LogP contribution in [0.1, 0.15) is 18.1 Å². The molecule has 0 atom stereocenters. The van der Waals surface area contributed by atoms with Crippen LogP contribution in [0.5, 0.6) is 5.75 Å². The lowest BCUT2D eigenvalue weighted by atomic mass is 10.1. The Balaban J connectivity index is 2.73. The summed E-state index contributed by atoms with van der Waals surface area (Å²) in [6.07, 6.45) is 0.968. The molecule has 1 aromatic rings. The van der Waals surface area contributed by atoms with E-state index in [9.17, 15) is 5.11 Å². The summed E-state index contributed by atoms with van der Waals surface area (Å²) >= 11 is 5.87. The fraction of sp³-hybridized carbons (Fsp3) is 0.500. The Morgan fingerprint density at radius 3 is 2.67 bits per heavy atom. The number of phenols is 1. The molecule has 0 bridgehead atoms.